The highest BCUT2D eigenvalue weighted by atomic mass is 19.3. The van der Waals surface area contributed by atoms with Gasteiger partial charge in [0.25, 0.3) is 0 Å². The van der Waals surface area contributed by atoms with E-state index >= 15 is 0 Å². The highest BCUT2D eigenvalue weighted by molar-refractivity contribution is 5.89. The third-order valence-electron chi connectivity index (χ3n) is 5.12. The van der Waals surface area contributed by atoms with Crippen molar-refractivity contribution in [2.24, 2.45) is 5.73 Å². The second kappa shape index (κ2) is 5.63. The van der Waals surface area contributed by atoms with Gasteiger partial charge in [-0.3, -0.25) is 0 Å². The van der Waals surface area contributed by atoms with Crippen molar-refractivity contribution in [2.75, 3.05) is 0 Å². The SMILES string of the molecule is NC1CCc2c(c3cc4c(cc3n2Cc2cccc(F)n2)OC(F)(F)O4)C1. The predicted molar refractivity (Wildman–Crippen MR) is 91.4 cm³/mol. The van der Waals surface area contributed by atoms with E-state index < -0.39 is 12.2 Å². The molecule has 2 N–H and O–H groups in total. The quantitative estimate of drug-likeness (QED) is 0.698. The van der Waals surface area contributed by atoms with E-state index in [0.29, 0.717) is 18.7 Å². The molecule has 0 amide bonds. The number of halogens is 3. The lowest BCUT2D eigenvalue weighted by Gasteiger charge is -2.20. The third-order valence-corrected chi connectivity index (χ3v) is 5.12. The van der Waals surface area contributed by atoms with Crippen molar-refractivity contribution in [2.45, 2.75) is 38.1 Å². The molecule has 1 aliphatic carbocycles. The fraction of sp³-hybridized carbons (Fsp3) is 0.316. The molecule has 27 heavy (non-hydrogen) atoms. The number of pyridine rings is 1. The Bertz CT molecular complexity index is 1060. The van der Waals surface area contributed by atoms with Gasteiger partial charge in [-0.2, -0.15) is 4.39 Å². The van der Waals surface area contributed by atoms with Crippen LogP contribution in [0.15, 0.2) is 30.3 Å². The Hall–Kier alpha value is -2.74. The van der Waals surface area contributed by atoms with Crippen LogP contribution in [0.1, 0.15) is 23.4 Å². The molecule has 3 heterocycles. The first kappa shape index (κ1) is 16.4. The lowest BCUT2D eigenvalue weighted by atomic mass is 9.92. The molecular formula is C19H16F3N3O2. The van der Waals surface area contributed by atoms with Crippen LogP contribution >= 0.6 is 0 Å². The zero-order valence-electron chi connectivity index (χ0n) is 14.2. The molecule has 0 bridgehead atoms. The summed E-state index contributed by atoms with van der Waals surface area (Å²) in [6.45, 7) is 0.328. The number of aromatic nitrogens is 2. The van der Waals surface area contributed by atoms with E-state index in [-0.39, 0.29) is 17.5 Å². The van der Waals surface area contributed by atoms with Crippen LogP contribution in [0, 0.1) is 5.95 Å². The molecule has 8 heteroatoms. The largest absolute Gasteiger partial charge is 0.586 e. The standard InChI is InChI=1S/C19H16F3N3O2/c20-18-3-1-2-11(24-18)9-25-14-5-4-10(23)6-12(14)13-7-16-17(8-15(13)25)27-19(21,22)26-16/h1-3,7-8,10H,4-6,9,23H2. The van der Waals surface area contributed by atoms with E-state index in [0.717, 1.165) is 35.0 Å². The van der Waals surface area contributed by atoms with E-state index in [1.165, 1.54) is 6.07 Å². The predicted octanol–water partition coefficient (Wildman–Crippen LogP) is 3.36. The van der Waals surface area contributed by atoms with Gasteiger partial charge in [0.05, 0.1) is 17.8 Å². The first-order valence-corrected chi connectivity index (χ1v) is 8.70. The second-order valence-electron chi connectivity index (χ2n) is 6.95. The molecule has 0 radical (unpaired) electrons. The van der Waals surface area contributed by atoms with Gasteiger partial charge in [0.1, 0.15) is 0 Å². The van der Waals surface area contributed by atoms with Crippen molar-refractivity contribution in [1.29, 1.82) is 0 Å². The number of nitrogens with zero attached hydrogens (tertiary/aromatic N) is 2. The first-order valence-electron chi connectivity index (χ1n) is 8.70. The number of rotatable bonds is 2. The summed E-state index contributed by atoms with van der Waals surface area (Å²) in [6, 6.07) is 7.76. The van der Waals surface area contributed by atoms with Gasteiger partial charge < -0.3 is 19.8 Å². The summed E-state index contributed by atoms with van der Waals surface area (Å²) in [5, 5.41) is 0.802. The number of alkyl halides is 2. The second-order valence-corrected chi connectivity index (χ2v) is 6.95. The molecular weight excluding hydrogens is 359 g/mol. The molecule has 0 fully saturated rings. The van der Waals surface area contributed by atoms with Crippen LogP contribution in [0.5, 0.6) is 11.5 Å². The molecule has 1 aliphatic heterocycles. The molecule has 140 valence electrons. The smallest absolute Gasteiger partial charge is 0.395 e. The summed E-state index contributed by atoms with van der Waals surface area (Å²) in [4.78, 5) is 3.93. The fourth-order valence-corrected chi connectivity index (χ4v) is 4.00. The van der Waals surface area contributed by atoms with Crippen LogP contribution in [-0.2, 0) is 19.4 Å². The number of nitrogens with two attached hydrogens (primary N) is 1. The van der Waals surface area contributed by atoms with Gasteiger partial charge in [-0.25, -0.2) is 4.98 Å². The van der Waals surface area contributed by atoms with Gasteiger partial charge in [-0.05, 0) is 43.0 Å². The van der Waals surface area contributed by atoms with Gasteiger partial charge in [-0.15, -0.1) is 8.78 Å². The maximum atomic E-state index is 13.5. The number of benzene rings is 1. The summed E-state index contributed by atoms with van der Waals surface area (Å²) >= 11 is 0. The first-order chi connectivity index (χ1) is 12.9. The molecule has 2 aliphatic rings. The third kappa shape index (κ3) is 2.71. The maximum Gasteiger partial charge on any atom is 0.586 e. The minimum Gasteiger partial charge on any atom is -0.395 e. The van der Waals surface area contributed by atoms with E-state index in [4.69, 9.17) is 5.73 Å². The lowest BCUT2D eigenvalue weighted by molar-refractivity contribution is -0.286. The highest BCUT2D eigenvalue weighted by Gasteiger charge is 2.44. The van der Waals surface area contributed by atoms with Gasteiger partial charge >= 0.3 is 6.29 Å². The molecule has 0 saturated heterocycles. The number of hydrogen-bond acceptors (Lipinski definition) is 4. The minimum absolute atomic E-state index is 0.00970. The summed E-state index contributed by atoms with van der Waals surface area (Å²) in [7, 11) is 0. The van der Waals surface area contributed by atoms with Crippen molar-refractivity contribution in [1.82, 2.24) is 9.55 Å². The number of hydrogen-bond donors (Lipinski definition) is 1. The van der Waals surface area contributed by atoms with Crippen LogP contribution in [0.25, 0.3) is 10.9 Å². The summed E-state index contributed by atoms with van der Waals surface area (Å²) in [6.07, 6.45) is -1.45. The highest BCUT2D eigenvalue weighted by Crippen LogP contribution is 2.45. The van der Waals surface area contributed by atoms with Crippen LogP contribution < -0.4 is 15.2 Å². The monoisotopic (exact) mass is 375 g/mol. The van der Waals surface area contributed by atoms with Gasteiger partial charge in [0.15, 0.2) is 11.5 Å². The summed E-state index contributed by atoms with van der Waals surface area (Å²) in [5.41, 5.74) is 9.48. The molecule has 1 atom stereocenters. The average molecular weight is 375 g/mol. The van der Waals surface area contributed by atoms with E-state index in [2.05, 4.69) is 14.5 Å². The van der Waals surface area contributed by atoms with Crippen molar-refractivity contribution >= 4 is 10.9 Å². The lowest BCUT2D eigenvalue weighted by Crippen LogP contribution is -2.28. The van der Waals surface area contributed by atoms with Crippen molar-refractivity contribution in [3.8, 4) is 11.5 Å². The van der Waals surface area contributed by atoms with E-state index in [9.17, 15) is 13.2 Å². The molecule has 1 unspecified atom stereocenters. The Balaban J connectivity index is 1.69. The van der Waals surface area contributed by atoms with Crippen molar-refractivity contribution < 1.29 is 22.6 Å². The Labute approximate surface area is 152 Å². The minimum atomic E-state index is -3.67. The molecule has 1 aromatic carbocycles. The zero-order valence-corrected chi connectivity index (χ0v) is 14.2. The van der Waals surface area contributed by atoms with Gasteiger partial charge in [-0.1, -0.05) is 6.07 Å². The molecule has 0 saturated carbocycles. The Morgan fingerprint density at radius 2 is 2.00 bits per heavy atom. The number of fused-ring (bicyclic) bond motifs is 4. The normalized spacial score (nSPS) is 20.1. The van der Waals surface area contributed by atoms with Crippen LogP contribution in [-0.4, -0.2) is 21.9 Å². The Kier molecular flexibility index (Phi) is 3.42. The maximum absolute atomic E-state index is 13.5. The molecule has 3 aromatic rings. The van der Waals surface area contributed by atoms with Crippen LogP contribution in [0.3, 0.4) is 0 Å². The van der Waals surface area contributed by atoms with Crippen molar-refractivity contribution in [3.05, 3.63) is 53.2 Å². The van der Waals surface area contributed by atoms with Crippen molar-refractivity contribution in [3.63, 3.8) is 0 Å². The Morgan fingerprint density at radius 3 is 2.78 bits per heavy atom. The molecule has 5 nitrogen and oxygen atoms in total. The van der Waals surface area contributed by atoms with E-state index in [1.807, 2.05) is 4.57 Å². The van der Waals surface area contributed by atoms with Gasteiger partial charge in [0, 0.05) is 23.2 Å². The molecule has 2 aromatic heterocycles. The summed E-state index contributed by atoms with van der Waals surface area (Å²) < 4.78 is 51.6. The van der Waals surface area contributed by atoms with Crippen LogP contribution in [0.4, 0.5) is 13.2 Å². The van der Waals surface area contributed by atoms with Crippen LogP contribution in [0.2, 0.25) is 0 Å². The molecule has 0 spiro atoms. The molecule has 5 rings (SSSR count). The van der Waals surface area contributed by atoms with Gasteiger partial charge in [0.2, 0.25) is 5.95 Å². The zero-order chi connectivity index (χ0) is 18.8. The summed E-state index contributed by atoms with van der Waals surface area (Å²) in [5.74, 6) is -0.562. The average Bonchev–Trinajstić information content (AvgIpc) is 3.05. The topological polar surface area (TPSA) is 62.3 Å². The van der Waals surface area contributed by atoms with E-state index in [1.54, 1.807) is 24.3 Å². The fourth-order valence-electron chi connectivity index (χ4n) is 4.00. The number of ether oxygens (including phenoxy) is 2. The Morgan fingerprint density at radius 1 is 1.22 bits per heavy atom.